The molecule has 8 rings (SSSR count). The van der Waals surface area contributed by atoms with Crippen LogP contribution in [0.15, 0.2) is 47.6 Å². The number of esters is 1. The number of hydrogen-bond acceptors (Lipinski definition) is 15. The molecule has 7 aliphatic rings. The average molecular weight is 857 g/mol. The molecule has 15 nitrogen and oxygen atoms in total. The molecule has 7 N–H and O–H groups in total. The zero-order chi connectivity index (χ0) is 43.7. The highest BCUT2D eigenvalue weighted by molar-refractivity contribution is 5.89. The fraction of sp³-hybridized carbons (Fsp3) is 0.739. The molecule has 1 aromatic carbocycles. The molecule has 3 heterocycles. The Hall–Kier alpha value is -2.80. The van der Waals surface area contributed by atoms with Crippen molar-refractivity contribution in [2.75, 3.05) is 6.61 Å². The van der Waals surface area contributed by atoms with E-state index in [-0.39, 0.29) is 52.4 Å². The van der Waals surface area contributed by atoms with Crippen LogP contribution in [0.1, 0.15) is 89.9 Å². The molecule has 3 saturated heterocycles. The van der Waals surface area contributed by atoms with Crippen LogP contribution in [0.25, 0.3) is 0 Å². The van der Waals surface area contributed by atoms with E-state index in [2.05, 4.69) is 26.0 Å². The van der Waals surface area contributed by atoms with E-state index in [4.69, 9.17) is 28.4 Å². The smallest absolute Gasteiger partial charge is 0.338 e. The molecular weight excluding hydrogens is 792 g/mol. The van der Waals surface area contributed by atoms with Crippen LogP contribution in [0, 0.1) is 46.3 Å². The van der Waals surface area contributed by atoms with Gasteiger partial charge in [0.05, 0.1) is 30.5 Å². The van der Waals surface area contributed by atoms with Crippen molar-refractivity contribution in [3.63, 3.8) is 0 Å². The number of ether oxygens (including phenoxy) is 6. The van der Waals surface area contributed by atoms with Crippen molar-refractivity contribution < 1.29 is 73.8 Å². The lowest BCUT2D eigenvalue weighted by atomic mass is 9.46. The van der Waals surface area contributed by atoms with Gasteiger partial charge in [0.1, 0.15) is 48.7 Å². The summed E-state index contributed by atoms with van der Waals surface area (Å²) < 4.78 is 36.4. The van der Waals surface area contributed by atoms with Crippen LogP contribution < -0.4 is 0 Å². The van der Waals surface area contributed by atoms with Gasteiger partial charge in [-0.2, -0.15) is 0 Å². The van der Waals surface area contributed by atoms with Gasteiger partial charge < -0.3 is 69.0 Å². The zero-order valence-corrected chi connectivity index (χ0v) is 35.6. The number of aromatic hydroxyl groups is 1. The van der Waals surface area contributed by atoms with Crippen molar-refractivity contribution in [2.45, 2.75) is 159 Å². The molecule has 4 aliphatic carbocycles. The summed E-state index contributed by atoms with van der Waals surface area (Å²) >= 11 is 0. The van der Waals surface area contributed by atoms with Crippen LogP contribution in [0.2, 0.25) is 0 Å². The van der Waals surface area contributed by atoms with E-state index >= 15 is 0 Å². The first-order valence-corrected chi connectivity index (χ1v) is 22.1. The minimum absolute atomic E-state index is 0.0340. The molecule has 3 aliphatic heterocycles. The average Bonchev–Trinajstić information content (AvgIpc) is 3.57. The predicted octanol–water partition coefficient (Wildman–Crippen LogP) is 2.90. The van der Waals surface area contributed by atoms with Crippen molar-refractivity contribution in [1.29, 1.82) is 0 Å². The maximum atomic E-state index is 13.3. The minimum Gasteiger partial charge on any atom is -0.508 e. The van der Waals surface area contributed by atoms with E-state index in [9.17, 15) is 45.3 Å². The Morgan fingerprint density at radius 2 is 1.61 bits per heavy atom. The first-order valence-electron chi connectivity index (χ1n) is 22.1. The standard InChI is InChI=1S/C46H64O15/c1-21(2)16-29-22(3)34-32(58-42(29)55)18-31-28-11-8-25-17-27(12-14-45(25,5)30(28)13-15-46(31,34)20-48)57-44-40(36(51)35(50)33(19-47)59-44)61-43-38(53)37(52)39(23(4)56-43)60-41(54)24-6-9-26(49)10-7-24/h6-10,16,20,22-23,27-40,42-44,47,49-53,55H,11-15,17-19H2,1-5H3/t22-,23-,27+,28-,29-,30+,31+,32+,33-,34+,35-,36+,37-,38+,39-,40-,42-,43+,44-,45+,46-/m1/s1. The number of benzene rings is 1. The lowest BCUT2D eigenvalue weighted by Crippen LogP contribution is -2.64. The Kier molecular flexibility index (Phi) is 12.7. The summed E-state index contributed by atoms with van der Waals surface area (Å²) in [4.78, 5) is 26.2. The molecule has 0 bridgehead atoms. The second-order valence-electron chi connectivity index (χ2n) is 19.5. The van der Waals surface area contributed by atoms with Crippen LogP contribution in [0.3, 0.4) is 0 Å². The van der Waals surface area contributed by atoms with Gasteiger partial charge in [-0.25, -0.2) is 4.79 Å². The van der Waals surface area contributed by atoms with Crippen molar-refractivity contribution in [3.8, 4) is 5.75 Å². The van der Waals surface area contributed by atoms with Gasteiger partial charge in [0.25, 0.3) is 0 Å². The molecule has 0 amide bonds. The number of phenolic OH excluding ortho intramolecular Hbond substituents is 1. The predicted molar refractivity (Wildman–Crippen MR) is 215 cm³/mol. The molecule has 61 heavy (non-hydrogen) atoms. The monoisotopic (exact) mass is 856 g/mol. The first kappa shape index (κ1) is 44.8. The van der Waals surface area contributed by atoms with Crippen LogP contribution in [-0.4, -0.2) is 135 Å². The summed E-state index contributed by atoms with van der Waals surface area (Å²) in [6, 6.07) is 5.33. The fourth-order valence-electron chi connectivity index (χ4n) is 12.8. The summed E-state index contributed by atoms with van der Waals surface area (Å²) in [5.41, 5.74) is 1.82. The SMILES string of the molecule is CC(C)=C[C@@H]1[C@@H](C)[C@H]2[C@H](C[C@H]3[C@@H]4CC=C5C[C@@H](O[C@@H]6O[C@H](CO)[C@@H](O)[C@H](O)[C@H]6O[C@@H]6O[C@H](C)[C@@H](OC(=O)c7ccc(O)cc7)[C@H](O)[C@@H]6O)CC[C@]5(C)[C@H]4CC[C@]23C=O)O[C@H]1O. The quantitative estimate of drug-likeness (QED) is 0.108. The fourth-order valence-corrected chi connectivity index (χ4v) is 12.8. The Morgan fingerprint density at radius 3 is 2.30 bits per heavy atom. The number of aliphatic hydroxyl groups is 6. The molecule has 0 aromatic heterocycles. The number of phenols is 1. The Morgan fingerprint density at radius 1 is 0.885 bits per heavy atom. The summed E-state index contributed by atoms with van der Waals surface area (Å²) in [5, 5.41) is 75.2. The molecule has 1 aromatic rings. The maximum absolute atomic E-state index is 13.3. The molecule has 338 valence electrons. The number of hydrogen-bond donors (Lipinski definition) is 7. The molecule has 6 fully saturated rings. The second kappa shape index (κ2) is 17.3. The summed E-state index contributed by atoms with van der Waals surface area (Å²) in [7, 11) is 0. The maximum Gasteiger partial charge on any atom is 0.338 e. The van der Waals surface area contributed by atoms with Crippen molar-refractivity contribution >= 4 is 12.3 Å². The van der Waals surface area contributed by atoms with Gasteiger partial charge >= 0.3 is 5.97 Å². The molecule has 0 radical (unpaired) electrons. The molecular formula is C46H64O15. The lowest BCUT2D eigenvalue weighted by molar-refractivity contribution is -0.369. The van der Waals surface area contributed by atoms with E-state index < -0.39 is 91.8 Å². The number of allylic oxidation sites excluding steroid dienone is 2. The lowest BCUT2D eigenvalue weighted by Gasteiger charge is -2.58. The van der Waals surface area contributed by atoms with Gasteiger partial charge in [-0.1, -0.05) is 37.1 Å². The molecule has 21 atom stereocenters. The Balaban J connectivity index is 0.957. The molecule has 0 unspecified atom stereocenters. The van der Waals surface area contributed by atoms with E-state index in [1.165, 1.54) is 43.0 Å². The van der Waals surface area contributed by atoms with E-state index in [0.29, 0.717) is 18.8 Å². The number of rotatable bonds is 9. The van der Waals surface area contributed by atoms with Crippen LogP contribution >= 0.6 is 0 Å². The van der Waals surface area contributed by atoms with Gasteiger partial charge in [-0.15, -0.1) is 0 Å². The van der Waals surface area contributed by atoms with E-state index in [1.807, 2.05) is 13.8 Å². The van der Waals surface area contributed by atoms with E-state index in [1.54, 1.807) is 0 Å². The Labute approximate surface area is 356 Å². The summed E-state index contributed by atoms with van der Waals surface area (Å²) in [6.45, 7) is 9.45. The van der Waals surface area contributed by atoms with Gasteiger partial charge in [-0.3, -0.25) is 0 Å². The number of carbonyl (C=O) groups is 2. The van der Waals surface area contributed by atoms with E-state index in [0.717, 1.165) is 37.7 Å². The molecule has 0 spiro atoms. The number of fused-ring (bicyclic) bond motifs is 7. The summed E-state index contributed by atoms with van der Waals surface area (Å²) in [6.07, 6.45) is -5.06. The third kappa shape index (κ3) is 7.83. The summed E-state index contributed by atoms with van der Waals surface area (Å²) in [5.74, 6) is -0.149. The van der Waals surface area contributed by atoms with Gasteiger partial charge in [0, 0.05) is 17.3 Å². The van der Waals surface area contributed by atoms with Gasteiger partial charge in [0.15, 0.2) is 25.0 Å². The van der Waals surface area contributed by atoms with Crippen LogP contribution in [0.5, 0.6) is 5.75 Å². The number of aliphatic hydroxyl groups excluding tert-OH is 6. The number of carbonyl (C=O) groups excluding carboxylic acids is 2. The molecule has 15 heteroatoms. The first-order chi connectivity index (χ1) is 29.0. The highest BCUT2D eigenvalue weighted by Crippen LogP contribution is 2.68. The van der Waals surface area contributed by atoms with Crippen molar-refractivity contribution in [3.05, 3.63) is 53.1 Å². The second-order valence-corrected chi connectivity index (χ2v) is 19.5. The van der Waals surface area contributed by atoms with Gasteiger partial charge in [0.2, 0.25) is 0 Å². The van der Waals surface area contributed by atoms with Crippen molar-refractivity contribution in [1.82, 2.24) is 0 Å². The van der Waals surface area contributed by atoms with Gasteiger partial charge in [-0.05, 0) is 119 Å². The van der Waals surface area contributed by atoms with Crippen molar-refractivity contribution in [2.24, 2.45) is 46.3 Å². The van der Waals surface area contributed by atoms with Crippen LogP contribution in [0.4, 0.5) is 0 Å². The molecule has 3 saturated carbocycles. The largest absolute Gasteiger partial charge is 0.508 e. The topological polar surface area (TPSA) is 231 Å². The highest BCUT2D eigenvalue weighted by Gasteiger charge is 2.66. The minimum atomic E-state index is -1.76. The third-order valence-electron chi connectivity index (χ3n) is 15.9. The normalized spacial score (nSPS) is 48.0. The Bertz CT molecular complexity index is 1820. The zero-order valence-electron chi connectivity index (χ0n) is 35.6. The highest BCUT2D eigenvalue weighted by atomic mass is 16.8. The third-order valence-corrected chi connectivity index (χ3v) is 15.9. The van der Waals surface area contributed by atoms with Crippen LogP contribution in [-0.2, 0) is 33.2 Å². The number of aldehydes is 1.